The number of esters is 1. The molecule has 4 nitrogen and oxygen atoms in total. The van der Waals surface area contributed by atoms with Crippen LogP contribution in [0.15, 0.2) is 18.2 Å². The van der Waals surface area contributed by atoms with Gasteiger partial charge in [0, 0.05) is 26.6 Å². The molecule has 2 aromatic heterocycles. The maximum atomic E-state index is 13.5. The van der Waals surface area contributed by atoms with Crippen LogP contribution in [0.4, 0.5) is 5.69 Å². The largest absolute Gasteiger partial charge is 0.462 e. The molecule has 2 aromatic rings. The number of amides is 1. The second-order valence-corrected chi connectivity index (χ2v) is 10.6. The number of aryl methyl sites for hydroxylation is 1. The van der Waals surface area contributed by atoms with Crippen molar-refractivity contribution >= 4 is 40.2 Å². The first-order valence-electron chi connectivity index (χ1n) is 10.5. The van der Waals surface area contributed by atoms with Crippen molar-refractivity contribution in [2.75, 3.05) is 11.5 Å². The van der Waals surface area contributed by atoms with Gasteiger partial charge in [0.25, 0.3) is 0 Å². The predicted molar refractivity (Wildman–Crippen MR) is 122 cm³/mol. The Balaban J connectivity index is 2.00. The summed E-state index contributed by atoms with van der Waals surface area (Å²) in [5.74, 6) is 0.527. The number of carbonyl (C=O) groups is 2. The van der Waals surface area contributed by atoms with Crippen molar-refractivity contribution in [3.63, 3.8) is 0 Å². The molecule has 1 fully saturated rings. The van der Waals surface area contributed by atoms with Crippen LogP contribution in [0.1, 0.15) is 67.9 Å². The molecule has 1 aliphatic rings. The summed E-state index contributed by atoms with van der Waals surface area (Å²) in [4.78, 5) is 32.0. The van der Waals surface area contributed by atoms with Gasteiger partial charge in [-0.25, -0.2) is 4.79 Å². The van der Waals surface area contributed by atoms with Gasteiger partial charge in [-0.1, -0.05) is 6.92 Å². The van der Waals surface area contributed by atoms with Gasteiger partial charge in [-0.2, -0.15) is 0 Å². The molecular formula is C23H31NO3S2. The molecule has 3 rings (SSSR count). The van der Waals surface area contributed by atoms with Gasteiger partial charge < -0.3 is 9.64 Å². The Labute approximate surface area is 181 Å². The van der Waals surface area contributed by atoms with Gasteiger partial charge in [0.15, 0.2) is 0 Å². The fourth-order valence-corrected chi connectivity index (χ4v) is 5.94. The lowest BCUT2D eigenvalue weighted by molar-refractivity contribution is -0.123. The van der Waals surface area contributed by atoms with Crippen LogP contribution in [0.2, 0.25) is 0 Å². The number of hydrogen-bond donors (Lipinski definition) is 0. The molecule has 0 bridgehead atoms. The van der Waals surface area contributed by atoms with Gasteiger partial charge >= 0.3 is 5.97 Å². The number of thiophene rings is 2. The van der Waals surface area contributed by atoms with Gasteiger partial charge in [-0.05, 0) is 77.5 Å². The van der Waals surface area contributed by atoms with Crippen molar-refractivity contribution in [3.05, 3.63) is 28.0 Å². The maximum Gasteiger partial charge on any atom is 0.350 e. The molecule has 0 radical (unpaired) electrons. The highest BCUT2D eigenvalue weighted by atomic mass is 32.1. The number of ether oxygens (including phenoxy) is 1. The molecule has 6 heteroatoms. The van der Waals surface area contributed by atoms with Crippen LogP contribution in [0.3, 0.4) is 0 Å². The van der Waals surface area contributed by atoms with E-state index in [9.17, 15) is 9.59 Å². The minimum absolute atomic E-state index is 0.0254. The van der Waals surface area contributed by atoms with Gasteiger partial charge in [-0.15, -0.1) is 22.7 Å². The van der Waals surface area contributed by atoms with Gasteiger partial charge in [-0.3, -0.25) is 4.79 Å². The summed E-state index contributed by atoms with van der Waals surface area (Å²) < 4.78 is 5.33. The molecule has 158 valence electrons. The number of carbonyl (C=O) groups excluding carboxylic acids is 2. The van der Waals surface area contributed by atoms with E-state index in [2.05, 4.69) is 26.0 Å². The fraction of sp³-hybridized carbons (Fsp3) is 0.565. The Morgan fingerprint density at radius 3 is 2.38 bits per heavy atom. The average Bonchev–Trinajstić information content (AvgIpc) is 3.29. The molecule has 2 heterocycles. The lowest BCUT2D eigenvalue weighted by Gasteiger charge is -2.33. The van der Waals surface area contributed by atoms with Crippen LogP contribution in [0, 0.1) is 18.8 Å². The van der Waals surface area contributed by atoms with Crippen molar-refractivity contribution in [2.45, 2.75) is 66.3 Å². The van der Waals surface area contributed by atoms with E-state index in [-0.39, 0.29) is 23.8 Å². The zero-order chi connectivity index (χ0) is 21.1. The number of anilines is 1. The van der Waals surface area contributed by atoms with E-state index in [1.54, 1.807) is 11.3 Å². The van der Waals surface area contributed by atoms with Crippen LogP contribution in [0.5, 0.6) is 0 Å². The Morgan fingerprint density at radius 1 is 1.14 bits per heavy atom. The first kappa shape index (κ1) is 22.0. The van der Waals surface area contributed by atoms with E-state index in [4.69, 9.17) is 4.74 Å². The third-order valence-corrected chi connectivity index (χ3v) is 7.84. The third kappa shape index (κ3) is 4.92. The van der Waals surface area contributed by atoms with Crippen LogP contribution in [0.25, 0.3) is 9.75 Å². The van der Waals surface area contributed by atoms with E-state index in [0.29, 0.717) is 23.1 Å². The topological polar surface area (TPSA) is 46.6 Å². The predicted octanol–water partition coefficient (Wildman–Crippen LogP) is 6.53. The summed E-state index contributed by atoms with van der Waals surface area (Å²) >= 11 is 3.13. The number of hydrogen-bond acceptors (Lipinski definition) is 5. The monoisotopic (exact) mass is 433 g/mol. The van der Waals surface area contributed by atoms with Crippen LogP contribution < -0.4 is 4.90 Å². The molecular weight excluding hydrogens is 402 g/mol. The minimum atomic E-state index is -0.345. The Bertz CT molecular complexity index is 859. The lowest BCUT2D eigenvalue weighted by atomic mass is 9.82. The molecule has 0 aromatic carbocycles. The maximum absolute atomic E-state index is 13.5. The summed E-state index contributed by atoms with van der Waals surface area (Å²) in [5, 5.41) is 0. The quantitative estimate of drug-likeness (QED) is 0.487. The van der Waals surface area contributed by atoms with E-state index >= 15 is 0 Å². The van der Waals surface area contributed by atoms with Crippen LogP contribution in [-0.4, -0.2) is 24.5 Å². The SMILES string of the molecule is CCOC(=O)c1sc(-c2ccc(C)s2)cc1N(C(=O)C1CCC(C)CC1)C(C)C. The van der Waals surface area contributed by atoms with Gasteiger partial charge in [0.1, 0.15) is 4.88 Å². The van der Waals surface area contributed by atoms with Gasteiger partial charge in [0.05, 0.1) is 12.3 Å². The third-order valence-electron chi connectivity index (χ3n) is 5.53. The second-order valence-electron chi connectivity index (χ2n) is 8.21. The number of nitrogens with zero attached hydrogens (tertiary/aromatic N) is 1. The van der Waals surface area contributed by atoms with Crippen molar-refractivity contribution in [3.8, 4) is 9.75 Å². The smallest absolute Gasteiger partial charge is 0.350 e. The molecule has 0 saturated heterocycles. The lowest BCUT2D eigenvalue weighted by Crippen LogP contribution is -2.42. The Morgan fingerprint density at radius 2 is 1.83 bits per heavy atom. The molecule has 1 aliphatic carbocycles. The number of rotatable bonds is 6. The summed E-state index contributed by atoms with van der Waals surface area (Å²) in [5.41, 5.74) is 0.702. The molecule has 0 spiro atoms. The molecule has 0 atom stereocenters. The molecule has 0 N–H and O–H groups in total. The van der Waals surface area contributed by atoms with Gasteiger partial charge in [0.2, 0.25) is 5.91 Å². The molecule has 0 aliphatic heterocycles. The Kier molecular flexibility index (Phi) is 7.17. The minimum Gasteiger partial charge on any atom is -0.462 e. The van der Waals surface area contributed by atoms with Crippen molar-refractivity contribution in [2.24, 2.45) is 11.8 Å². The van der Waals surface area contributed by atoms with E-state index < -0.39 is 0 Å². The highest BCUT2D eigenvalue weighted by Crippen LogP contribution is 2.42. The average molecular weight is 434 g/mol. The molecule has 0 unspecified atom stereocenters. The summed E-state index contributed by atoms with van der Waals surface area (Å²) in [6, 6.07) is 6.14. The van der Waals surface area contributed by atoms with Crippen molar-refractivity contribution in [1.82, 2.24) is 0 Å². The van der Waals surface area contributed by atoms with Crippen molar-refractivity contribution < 1.29 is 14.3 Å². The fourth-order valence-electron chi connectivity index (χ4n) is 3.95. The van der Waals surface area contributed by atoms with E-state index in [1.165, 1.54) is 16.2 Å². The molecule has 1 amide bonds. The zero-order valence-corrected chi connectivity index (χ0v) is 19.6. The van der Waals surface area contributed by atoms with Crippen LogP contribution in [-0.2, 0) is 9.53 Å². The standard InChI is InChI=1S/C23H31NO3S2/c1-6-27-23(26)21-18(13-20(29-21)19-12-9-16(5)28-19)24(14(2)3)22(25)17-10-7-15(4)8-11-17/h9,12-15,17H,6-8,10-11H2,1-5H3. The van der Waals surface area contributed by atoms with E-state index in [0.717, 1.165) is 35.4 Å². The molecule has 29 heavy (non-hydrogen) atoms. The highest BCUT2D eigenvalue weighted by molar-refractivity contribution is 7.23. The first-order valence-corrected chi connectivity index (χ1v) is 12.2. The summed E-state index contributed by atoms with van der Waals surface area (Å²) in [7, 11) is 0. The molecule has 1 saturated carbocycles. The van der Waals surface area contributed by atoms with E-state index in [1.807, 2.05) is 31.7 Å². The summed E-state index contributed by atoms with van der Waals surface area (Å²) in [6.45, 7) is 10.5. The normalized spacial score (nSPS) is 19.4. The van der Waals surface area contributed by atoms with Crippen LogP contribution >= 0.6 is 22.7 Å². The van der Waals surface area contributed by atoms with Crippen molar-refractivity contribution in [1.29, 1.82) is 0 Å². The second kappa shape index (κ2) is 9.43. The zero-order valence-electron chi connectivity index (χ0n) is 18.0. The first-order chi connectivity index (χ1) is 13.8. The summed E-state index contributed by atoms with van der Waals surface area (Å²) in [6.07, 6.45) is 4.05. The highest BCUT2D eigenvalue weighted by Gasteiger charge is 2.33. The Hall–Kier alpha value is -1.66.